The molecule has 7 nitrogen and oxygen atoms in total. The number of carbonyl (C=O) groups excluding carboxylic acids is 1. The lowest BCUT2D eigenvalue weighted by atomic mass is 9.47. The number of hydrogen-bond donors (Lipinski definition) is 0. The molecule has 0 N–H and O–H groups in total. The Morgan fingerprint density at radius 3 is 2.70 bits per heavy atom. The summed E-state index contributed by atoms with van der Waals surface area (Å²) in [6.07, 6.45) is 5.29. The second kappa shape index (κ2) is 6.17. The van der Waals surface area contributed by atoms with Gasteiger partial charge in [0.2, 0.25) is 0 Å². The number of carbonyl (C=O) groups is 1. The summed E-state index contributed by atoms with van der Waals surface area (Å²) in [4.78, 5) is 22.9. The molecule has 2 fully saturated rings. The molecule has 2 aliphatic carbocycles. The van der Waals surface area contributed by atoms with Crippen LogP contribution in [-0.2, 0) is 21.4 Å². The number of fused-ring (bicyclic) bond motifs is 1. The molecule has 170 valence electrons. The zero-order valence-electron chi connectivity index (χ0n) is 18.9. The first kappa shape index (κ1) is 19.6. The van der Waals surface area contributed by atoms with Crippen LogP contribution in [0, 0.1) is 0 Å². The van der Waals surface area contributed by atoms with Gasteiger partial charge in [-0.25, -0.2) is 9.90 Å². The summed E-state index contributed by atoms with van der Waals surface area (Å²) in [6.45, 7) is 0.892. The Hall–Kier alpha value is -2.87. The lowest BCUT2D eigenvalue weighted by Gasteiger charge is -2.70. The van der Waals surface area contributed by atoms with E-state index in [1.165, 1.54) is 5.56 Å². The van der Waals surface area contributed by atoms with E-state index < -0.39 is 22.8 Å². The maximum Gasteiger partial charge on any atom is 0.278 e. The van der Waals surface area contributed by atoms with Crippen molar-refractivity contribution in [1.82, 2.24) is 9.96 Å². The fourth-order valence-corrected chi connectivity index (χ4v) is 7.24. The molecule has 33 heavy (non-hydrogen) atoms. The molecule has 2 saturated heterocycles. The van der Waals surface area contributed by atoms with E-state index in [2.05, 4.69) is 24.1 Å². The van der Waals surface area contributed by atoms with E-state index in [0.29, 0.717) is 11.3 Å². The number of hydrogen-bond acceptors (Lipinski definition) is 6. The van der Waals surface area contributed by atoms with E-state index in [4.69, 9.17) is 19.0 Å². The van der Waals surface area contributed by atoms with E-state index in [9.17, 15) is 4.79 Å². The number of hydroxylamine groups is 2. The van der Waals surface area contributed by atoms with Gasteiger partial charge in [0.1, 0.15) is 5.54 Å². The van der Waals surface area contributed by atoms with Crippen LogP contribution in [0.15, 0.2) is 54.6 Å². The van der Waals surface area contributed by atoms with Crippen LogP contribution in [-0.4, -0.2) is 67.2 Å². The Labute approximate surface area is 192 Å². The van der Waals surface area contributed by atoms with Crippen LogP contribution in [0.1, 0.15) is 27.9 Å². The summed E-state index contributed by atoms with van der Waals surface area (Å²) >= 11 is 0. The number of benzene rings is 2. The Morgan fingerprint density at radius 1 is 1.12 bits per heavy atom. The van der Waals surface area contributed by atoms with Gasteiger partial charge in [0.15, 0.2) is 17.6 Å². The van der Waals surface area contributed by atoms with Crippen LogP contribution in [0.3, 0.4) is 0 Å². The maximum atomic E-state index is 14.0. The maximum absolute atomic E-state index is 14.0. The van der Waals surface area contributed by atoms with Crippen molar-refractivity contribution in [3.8, 4) is 11.5 Å². The van der Waals surface area contributed by atoms with Crippen LogP contribution < -0.4 is 9.47 Å². The summed E-state index contributed by atoms with van der Waals surface area (Å²) in [6, 6.07) is 13.5. The SMILES string of the molecule is COc1ccc2c3c1O[C@H]1[C@@]4(OC)C=C[C@]5([C@@H](C2)N(C)CC[C@]315)N(C(=O)c1ccccc1)O4. The molecule has 2 spiro atoms. The minimum absolute atomic E-state index is 0.0308. The average Bonchev–Trinajstić information content (AvgIpc) is 3.23. The van der Waals surface area contributed by atoms with Gasteiger partial charge in [-0.05, 0) is 56.3 Å². The molecule has 8 rings (SSSR count). The van der Waals surface area contributed by atoms with Gasteiger partial charge < -0.3 is 19.1 Å². The third-order valence-corrected chi connectivity index (χ3v) is 8.61. The lowest BCUT2D eigenvalue weighted by molar-refractivity contribution is -0.409. The Kier molecular flexibility index (Phi) is 3.66. The minimum Gasteiger partial charge on any atom is -0.493 e. The standard InChI is InChI=1S/C26H26N2O5/c1-27-14-13-24-20-17-9-10-18(30-2)21(20)32-23(24)26(31-3)12-11-25(24,19(27)15-17)28(33-26)22(29)16-7-5-4-6-8-16/h4-12,19,23H,13-15H2,1-3H3/t19-,23-,24+,25-,26-/m1/s1. The monoisotopic (exact) mass is 446 g/mol. The summed E-state index contributed by atoms with van der Waals surface area (Å²) < 4.78 is 18.5. The Morgan fingerprint density at radius 2 is 1.94 bits per heavy atom. The topological polar surface area (TPSA) is 60.5 Å². The van der Waals surface area contributed by atoms with E-state index in [0.717, 1.165) is 30.7 Å². The van der Waals surface area contributed by atoms with Crippen LogP contribution in [0.5, 0.6) is 11.5 Å². The fourth-order valence-electron chi connectivity index (χ4n) is 7.24. The highest BCUT2D eigenvalue weighted by Gasteiger charge is 2.81. The minimum atomic E-state index is -1.22. The number of likely N-dealkylation sites (tertiary alicyclic amines) is 1. The number of nitrogens with zero attached hydrogens (tertiary/aromatic N) is 2. The van der Waals surface area contributed by atoms with Gasteiger partial charge in [0.25, 0.3) is 11.7 Å². The van der Waals surface area contributed by atoms with Crippen molar-refractivity contribution in [3.05, 3.63) is 71.3 Å². The predicted molar refractivity (Wildman–Crippen MR) is 119 cm³/mol. The predicted octanol–water partition coefficient (Wildman–Crippen LogP) is 2.69. The number of ether oxygens (including phenoxy) is 3. The molecule has 2 aromatic rings. The Balaban J connectivity index is 1.55. The number of piperidine rings is 1. The second-order valence-corrected chi connectivity index (χ2v) is 9.69. The van der Waals surface area contributed by atoms with E-state index in [1.807, 2.05) is 42.5 Å². The van der Waals surface area contributed by atoms with Gasteiger partial charge in [-0.3, -0.25) is 4.79 Å². The quantitative estimate of drug-likeness (QED) is 0.676. The molecule has 6 aliphatic rings. The molecule has 7 heteroatoms. The Bertz CT molecular complexity index is 1210. The summed E-state index contributed by atoms with van der Waals surface area (Å²) in [5.74, 6) is 0.0803. The molecule has 0 saturated carbocycles. The van der Waals surface area contributed by atoms with Gasteiger partial charge in [-0.2, -0.15) is 0 Å². The molecule has 4 bridgehead atoms. The smallest absolute Gasteiger partial charge is 0.278 e. The molecule has 4 aliphatic heterocycles. The van der Waals surface area contributed by atoms with E-state index >= 15 is 0 Å². The lowest BCUT2D eigenvalue weighted by Crippen LogP contribution is -2.87. The number of likely N-dealkylation sites (N-methyl/N-ethyl adjacent to an activating group) is 1. The molecular formula is C26H26N2O5. The highest BCUT2D eigenvalue weighted by Crippen LogP contribution is 2.70. The first-order valence-corrected chi connectivity index (χ1v) is 11.4. The first-order valence-electron chi connectivity index (χ1n) is 11.4. The van der Waals surface area contributed by atoms with Crippen molar-refractivity contribution in [2.75, 3.05) is 27.8 Å². The molecule has 1 amide bonds. The molecule has 0 radical (unpaired) electrons. The highest BCUT2D eigenvalue weighted by molar-refractivity contribution is 5.95. The van der Waals surface area contributed by atoms with Gasteiger partial charge >= 0.3 is 0 Å². The van der Waals surface area contributed by atoms with Crippen LogP contribution in [0.25, 0.3) is 0 Å². The van der Waals surface area contributed by atoms with Crippen LogP contribution >= 0.6 is 0 Å². The first-order chi connectivity index (χ1) is 16.0. The third kappa shape index (κ3) is 1.98. The summed E-state index contributed by atoms with van der Waals surface area (Å²) in [5.41, 5.74) is 1.74. The van der Waals surface area contributed by atoms with E-state index in [1.54, 1.807) is 19.3 Å². The third-order valence-electron chi connectivity index (χ3n) is 8.61. The molecule has 4 heterocycles. The molecule has 0 aromatic heterocycles. The van der Waals surface area contributed by atoms with Crippen LogP contribution in [0.4, 0.5) is 0 Å². The molecule has 0 unspecified atom stereocenters. The largest absolute Gasteiger partial charge is 0.493 e. The van der Waals surface area contributed by atoms with E-state index in [-0.39, 0.29) is 11.9 Å². The van der Waals surface area contributed by atoms with Gasteiger partial charge in [0, 0.05) is 24.3 Å². The summed E-state index contributed by atoms with van der Waals surface area (Å²) in [5, 5.41) is 1.61. The zero-order valence-corrected chi connectivity index (χ0v) is 18.9. The molecular weight excluding hydrogens is 420 g/mol. The van der Waals surface area contributed by atoms with Crippen molar-refractivity contribution >= 4 is 5.91 Å². The van der Waals surface area contributed by atoms with Crippen molar-refractivity contribution in [2.45, 2.75) is 41.7 Å². The normalized spacial score (nSPS) is 37.0. The number of rotatable bonds is 3. The van der Waals surface area contributed by atoms with Crippen LogP contribution in [0.2, 0.25) is 0 Å². The van der Waals surface area contributed by atoms with Gasteiger partial charge in [0.05, 0.1) is 12.5 Å². The van der Waals surface area contributed by atoms with Crippen molar-refractivity contribution in [2.24, 2.45) is 0 Å². The number of methoxy groups -OCH3 is 2. The second-order valence-electron chi connectivity index (χ2n) is 9.69. The van der Waals surface area contributed by atoms with Crippen molar-refractivity contribution in [1.29, 1.82) is 0 Å². The van der Waals surface area contributed by atoms with Gasteiger partial charge in [-0.15, -0.1) is 0 Å². The van der Waals surface area contributed by atoms with Crippen molar-refractivity contribution in [3.63, 3.8) is 0 Å². The highest BCUT2D eigenvalue weighted by atomic mass is 16.8. The zero-order chi connectivity index (χ0) is 22.6. The molecule has 2 aromatic carbocycles. The average molecular weight is 447 g/mol. The number of amides is 1. The summed E-state index contributed by atoms with van der Waals surface area (Å²) in [7, 11) is 5.42. The molecule has 5 atom stereocenters. The van der Waals surface area contributed by atoms with Crippen molar-refractivity contribution < 1.29 is 23.8 Å². The fraction of sp³-hybridized carbons (Fsp3) is 0.423. The van der Waals surface area contributed by atoms with Gasteiger partial charge in [-0.1, -0.05) is 30.3 Å².